The van der Waals surface area contributed by atoms with Crippen LogP contribution in [-0.4, -0.2) is 43.9 Å². The van der Waals surface area contributed by atoms with Crippen LogP contribution in [0.4, 0.5) is 0 Å². The van der Waals surface area contributed by atoms with Crippen LogP contribution in [0.3, 0.4) is 0 Å². The van der Waals surface area contributed by atoms with Crippen molar-refractivity contribution in [3.8, 4) is 5.69 Å². The van der Waals surface area contributed by atoms with Gasteiger partial charge in [0.25, 0.3) is 0 Å². The van der Waals surface area contributed by atoms with Crippen LogP contribution in [0.5, 0.6) is 0 Å². The molecule has 0 atom stereocenters. The molecular formula is C19H20N4O4. The lowest BCUT2D eigenvalue weighted by Crippen LogP contribution is -2.16. The van der Waals surface area contributed by atoms with Crippen LogP contribution >= 0.6 is 0 Å². The molecule has 0 amide bonds. The smallest absolute Gasteiger partial charge is 0.310 e. The van der Waals surface area contributed by atoms with Crippen molar-refractivity contribution < 1.29 is 14.6 Å². The summed E-state index contributed by atoms with van der Waals surface area (Å²) in [7, 11) is 1.81. The molecule has 0 bridgehead atoms. The van der Waals surface area contributed by atoms with Gasteiger partial charge in [0.15, 0.2) is 0 Å². The molecular weight excluding hydrogens is 348 g/mol. The number of aliphatic hydroxyl groups is 1. The van der Waals surface area contributed by atoms with Crippen molar-refractivity contribution in [1.82, 2.24) is 19.6 Å². The van der Waals surface area contributed by atoms with E-state index in [1.54, 1.807) is 28.0 Å². The zero-order valence-electron chi connectivity index (χ0n) is 14.9. The van der Waals surface area contributed by atoms with Crippen LogP contribution in [0, 0.1) is 0 Å². The van der Waals surface area contributed by atoms with Gasteiger partial charge in [-0.3, -0.25) is 14.3 Å². The number of carbonyl (C=O) groups excluding carboxylic acids is 1. The summed E-state index contributed by atoms with van der Waals surface area (Å²) in [6, 6.07) is 8.85. The Morgan fingerprint density at radius 2 is 2.07 bits per heavy atom. The summed E-state index contributed by atoms with van der Waals surface area (Å²) in [6.07, 6.45) is 5.53. The lowest BCUT2D eigenvalue weighted by molar-refractivity contribution is -0.143. The third-order valence-electron chi connectivity index (χ3n) is 3.90. The molecule has 1 N–H and O–H groups in total. The fourth-order valence-corrected chi connectivity index (χ4v) is 2.66. The summed E-state index contributed by atoms with van der Waals surface area (Å²) in [4.78, 5) is 23.9. The van der Waals surface area contributed by atoms with E-state index in [0.29, 0.717) is 12.1 Å². The van der Waals surface area contributed by atoms with Gasteiger partial charge in [0.05, 0.1) is 25.4 Å². The number of aryl methyl sites for hydroxylation is 1. The maximum absolute atomic E-state index is 12.2. The van der Waals surface area contributed by atoms with E-state index in [-0.39, 0.29) is 25.1 Å². The monoisotopic (exact) mass is 368 g/mol. The van der Waals surface area contributed by atoms with Gasteiger partial charge in [-0.15, -0.1) is 0 Å². The lowest BCUT2D eigenvalue weighted by atomic mass is 10.0. The number of hydrogen-bond donors (Lipinski definition) is 1. The standard InChI is InChI=1S/C19H20N4O4/c1-22-13-16(12-20-22)23-6-5-18(25)17(21-23)10-14-3-2-4-15(9-14)11-19(26)27-8-7-24/h2-6,9,12-13,24H,7-8,10-11H2,1H3. The van der Waals surface area contributed by atoms with Crippen molar-refractivity contribution >= 4 is 5.97 Å². The SMILES string of the molecule is Cn1cc(-n2ccc(=O)c(Cc3cccc(CC(=O)OCCO)c3)n2)cn1. The number of benzene rings is 1. The molecule has 0 aliphatic rings. The van der Waals surface area contributed by atoms with E-state index in [9.17, 15) is 9.59 Å². The highest BCUT2D eigenvalue weighted by Crippen LogP contribution is 2.11. The van der Waals surface area contributed by atoms with E-state index in [4.69, 9.17) is 9.84 Å². The Morgan fingerprint density at radius 1 is 1.26 bits per heavy atom. The molecule has 0 saturated carbocycles. The number of hydrogen-bond acceptors (Lipinski definition) is 6. The molecule has 0 radical (unpaired) electrons. The molecule has 0 aliphatic carbocycles. The quantitative estimate of drug-likeness (QED) is 0.614. The third-order valence-corrected chi connectivity index (χ3v) is 3.90. The van der Waals surface area contributed by atoms with E-state index in [0.717, 1.165) is 16.8 Å². The highest BCUT2D eigenvalue weighted by Gasteiger charge is 2.09. The lowest BCUT2D eigenvalue weighted by Gasteiger charge is -2.07. The highest BCUT2D eigenvalue weighted by molar-refractivity contribution is 5.72. The van der Waals surface area contributed by atoms with Crippen molar-refractivity contribution in [2.75, 3.05) is 13.2 Å². The van der Waals surface area contributed by atoms with Crippen LogP contribution in [0.1, 0.15) is 16.8 Å². The first-order valence-electron chi connectivity index (χ1n) is 8.47. The van der Waals surface area contributed by atoms with Gasteiger partial charge in [0.1, 0.15) is 18.0 Å². The second kappa shape index (κ2) is 8.41. The summed E-state index contributed by atoms with van der Waals surface area (Å²) in [5, 5.41) is 17.2. The summed E-state index contributed by atoms with van der Waals surface area (Å²) >= 11 is 0. The van der Waals surface area contributed by atoms with Crippen LogP contribution in [0.2, 0.25) is 0 Å². The zero-order chi connectivity index (χ0) is 19.2. The minimum atomic E-state index is -0.405. The predicted octanol–water partition coefficient (Wildman–Crippen LogP) is 0.635. The molecule has 2 aromatic heterocycles. The molecule has 3 rings (SSSR count). The first-order chi connectivity index (χ1) is 13.0. The Hall–Kier alpha value is -3.26. The Morgan fingerprint density at radius 3 is 2.81 bits per heavy atom. The summed E-state index contributed by atoms with van der Waals surface area (Å²) in [6.45, 7) is -0.213. The Labute approximate surface area is 155 Å². The largest absolute Gasteiger partial charge is 0.463 e. The molecule has 27 heavy (non-hydrogen) atoms. The van der Waals surface area contributed by atoms with Gasteiger partial charge in [-0.05, 0) is 11.1 Å². The fourth-order valence-electron chi connectivity index (χ4n) is 2.66. The van der Waals surface area contributed by atoms with Gasteiger partial charge < -0.3 is 9.84 Å². The van der Waals surface area contributed by atoms with Crippen LogP contribution in [0.25, 0.3) is 5.69 Å². The number of esters is 1. The number of rotatable bonds is 7. The Bertz CT molecular complexity index is 993. The minimum absolute atomic E-state index is 0.0135. The van der Waals surface area contributed by atoms with Crippen LogP contribution < -0.4 is 5.43 Å². The number of aromatic nitrogens is 4. The number of nitrogens with zero attached hydrogens (tertiary/aromatic N) is 4. The van der Waals surface area contributed by atoms with Crippen LogP contribution in [0.15, 0.2) is 53.7 Å². The zero-order valence-corrected chi connectivity index (χ0v) is 14.9. The van der Waals surface area contributed by atoms with E-state index in [2.05, 4.69) is 10.2 Å². The molecule has 8 heteroatoms. The van der Waals surface area contributed by atoms with Gasteiger partial charge in [0, 0.05) is 25.7 Å². The number of carbonyl (C=O) groups is 1. The molecule has 0 spiro atoms. The van der Waals surface area contributed by atoms with Gasteiger partial charge in [0.2, 0.25) is 5.43 Å². The second-order valence-corrected chi connectivity index (χ2v) is 6.06. The summed E-state index contributed by atoms with van der Waals surface area (Å²) in [5.74, 6) is -0.405. The number of ether oxygens (including phenoxy) is 1. The first kappa shape index (κ1) is 18.5. The Kier molecular flexibility index (Phi) is 5.77. The van der Waals surface area contributed by atoms with Gasteiger partial charge >= 0.3 is 5.97 Å². The van der Waals surface area contributed by atoms with E-state index < -0.39 is 5.97 Å². The van der Waals surface area contributed by atoms with Gasteiger partial charge in [-0.2, -0.15) is 10.2 Å². The maximum atomic E-state index is 12.2. The maximum Gasteiger partial charge on any atom is 0.310 e. The molecule has 3 aromatic rings. The molecule has 0 saturated heterocycles. The van der Waals surface area contributed by atoms with Crippen molar-refractivity contribution in [2.45, 2.75) is 12.8 Å². The van der Waals surface area contributed by atoms with E-state index >= 15 is 0 Å². The van der Waals surface area contributed by atoms with Crippen molar-refractivity contribution in [1.29, 1.82) is 0 Å². The van der Waals surface area contributed by atoms with Gasteiger partial charge in [-0.1, -0.05) is 24.3 Å². The Balaban J connectivity index is 1.78. The molecule has 0 aliphatic heterocycles. The topological polar surface area (TPSA) is 99.2 Å². The molecule has 0 unspecified atom stereocenters. The summed E-state index contributed by atoms with van der Waals surface area (Å²) < 4.78 is 8.15. The van der Waals surface area contributed by atoms with Crippen molar-refractivity contribution in [3.63, 3.8) is 0 Å². The minimum Gasteiger partial charge on any atom is -0.463 e. The molecule has 0 fully saturated rings. The van der Waals surface area contributed by atoms with E-state index in [1.807, 2.05) is 31.3 Å². The normalized spacial score (nSPS) is 10.7. The first-order valence-corrected chi connectivity index (χ1v) is 8.47. The predicted molar refractivity (Wildman–Crippen MR) is 97.6 cm³/mol. The molecule has 8 nitrogen and oxygen atoms in total. The molecule has 140 valence electrons. The molecule has 1 aromatic carbocycles. The fraction of sp³-hybridized carbons (Fsp3) is 0.263. The van der Waals surface area contributed by atoms with Crippen LogP contribution in [-0.2, 0) is 29.4 Å². The van der Waals surface area contributed by atoms with Crippen molar-refractivity contribution in [3.05, 3.63) is 76.0 Å². The molecule has 2 heterocycles. The van der Waals surface area contributed by atoms with E-state index in [1.165, 1.54) is 6.07 Å². The summed E-state index contributed by atoms with van der Waals surface area (Å²) in [5.41, 5.74) is 2.67. The average Bonchev–Trinajstić information content (AvgIpc) is 3.08. The van der Waals surface area contributed by atoms with Gasteiger partial charge in [-0.25, -0.2) is 4.68 Å². The van der Waals surface area contributed by atoms with Crippen molar-refractivity contribution in [2.24, 2.45) is 7.05 Å². The average molecular weight is 368 g/mol. The highest BCUT2D eigenvalue weighted by atomic mass is 16.5. The number of aliphatic hydroxyl groups excluding tert-OH is 1. The second-order valence-electron chi connectivity index (χ2n) is 6.06. The third kappa shape index (κ3) is 4.89.